The molecule has 8 heteroatoms. The molecule has 2 amide bonds. The minimum Gasteiger partial charge on any atom is -0.396 e. The predicted octanol–water partition coefficient (Wildman–Crippen LogP) is -0.127. The summed E-state index contributed by atoms with van der Waals surface area (Å²) < 4.78 is 32.5. The number of nitrogens with zero attached hydrogens (tertiary/aromatic N) is 1. The first-order valence-corrected chi connectivity index (χ1v) is 5.85. The topological polar surface area (TPSA) is 98.7 Å². The van der Waals surface area contributed by atoms with Gasteiger partial charge >= 0.3 is 0 Å². The second kappa shape index (κ2) is 5.41. The highest BCUT2D eigenvalue weighted by Crippen LogP contribution is 2.22. The first-order valence-electron chi connectivity index (χ1n) is 5.85. The molecule has 108 valence electrons. The van der Waals surface area contributed by atoms with Gasteiger partial charge in [0, 0.05) is 6.54 Å². The van der Waals surface area contributed by atoms with Crippen molar-refractivity contribution in [2.75, 3.05) is 25.5 Å². The van der Waals surface area contributed by atoms with Gasteiger partial charge in [0.05, 0.1) is 18.9 Å². The number of carbonyl (C=O) groups excluding carboxylic acids is 2. The number of benzene rings is 1. The molecular weight excluding hydrogens is 272 g/mol. The van der Waals surface area contributed by atoms with Crippen LogP contribution in [0.3, 0.4) is 0 Å². The molecule has 0 aliphatic carbocycles. The standard InChI is InChI=1S/C12H13F2N3O3/c13-6-1-2-7(15)10(14)9(6)12(19)17-3-4-20-5-8(17)11(16)18/h1-2,8H,3-5,15H2,(H2,16,18). The maximum atomic E-state index is 13.8. The van der Waals surface area contributed by atoms with E-state index >= 15 is 0 Å². The van der Waals surface area contributed by atoms with Crippen molar-refractivity contribution in [3.63, 3.8) is 0 Å². The fraction of sp³-hybridized carbons (Fsp3) is 0.333. The van der Waals surface area contributed by atoms with Gasteiger partial charge in [-0.1, -0.05) is 0 Å². The Kier molecular flexibility index (Phi) is 3.84. The molecule has 0 bridgehead atoms. The first kappa shape index (κ1) is 14.2. The zero-order valence-electron chi connectivity index (χ0n) is 10.4. The third kappa shape index (κ3) is 2.42. The van der Waals surface area contributed by atoms with E-state index in [0.717, 1.165) is 17.0 Å². The number of hydrogen-bond donors (Lipinski definition) is 2. The van der Waals surface area contributed by atoms with Crippen LogP contribution in [0, 0.1) is 11.6 Å². The summed E-state index contributed by atoms with van der Waals surface area (Å²) in [6.07, 6.45) is 0. The summed E-state index contributed by atoms with van der Waals surface area (Å²) in [5.41, 5.74) is 9.34. The van der Waals surface area contributed by atoms with Crippen molar-refractivity contribution >= 4 is 17.5 Å². The number of rotatable bonds is 2. The number of amides is 2. The molecule has 1 fully saturated rings. The number of carbonyl (C=O) groups is 2. The van der Waals surface area contributed by atoms with Crippen LogP contribution in [0.15, 0.2) is 12.1 Å². The van der Waals surface area contributed by atoms with Gasteiger partial charge in [0.1, 0.15) is 17.4 Å². The maximum absolute atomic E-state index is 13.8. The number of morpholine rings is 1. The minimum atomic E-state index is -1.15. The molecule has 1 unspecified atom stereocenters. The van der Waals surface area contributed by atoms with E-state index in [0.29, 0.717) is 0 Å². The van der Waals surface area contributed by atoms with Crippen molar-refractivity contribution in [3.8, 4) is 0 Å². The Morgan fingerprint density at radius 3 is 2.70 bits per heavy atom. The quantitative estimate of drug-likeness (QED) is 0.740. The molecule has 1 aliphatic rings. The smallest absolute Gasteiger partial charge is 0.260 e. The van der Waals surface area contributed by atoms with E-state index in [1.807, 2.05) is 0 Å². The number of nitrogens with two attached hydrogens (primary N) is 2. The maximum Gasteiger partial charge on any atom is 0.260 e. The summed E-state index contributed by atoms with van der Waals surface area (Å²) in [5.74, 6) is -3.97. The van der Waals surface area contributed by atoms with Crippen molar-refractivity contribution in [3.05, 3.63) is 29.3 Å². The summed E-state index contributed by atoms with van der Waals surface area (Å²) in [7, 11) is 0. The van der Waals surface area contributed by atoms with E-state index in [-0.39, 0.29) is 25.4 Å². The van der Waals surface area contributed by atoms with Crippen LogP contribution in [-0.2, 0) is 9.53 Å². The molecule has 6 nitrogen and oxygen atoms in total. The number of anilines is 1. The molecule has 1 atom stereocenters. The lowest BCUT2D eigenvalue weighted by atomic mass is 10.1. The van der Waals surface area contributed by atoms with Gasteiger partial charge in [-0.3, -0.25) is 9.59 Å². The Hall–Kier alpha value is -2.22. The van der Waals surface area contributed by atoms with Gasteiger partial charge < -0.3 is 21.1 Å². The van der Waals surface area contributed by atoms with Crippen molar-refractivity contribution in [1.82, 2.24) is 4.90 Å². The third-order valence-electron chi connectivity index (χ3n) is 3.05. The molecule has 4 N–H and O–H groups in total. The van der Waals surface area contributed by atoms with Crippen LogP contribution in [0.2, 0.25) is 0 Å². The van der Waals surface area contributed by atoms with Crippen molar-refractivity contribution < 1.29 is 23.1 Å². The summed E-state index contributed by atoms with van der Waals surface area (Å²) in [4.78, 5) is 24.5. The number of nitrogen functional groups attached to an aromatic ring is 1. The van der Waals surface area contributed by atoms with E-state index in [9.17, 15) is 18.4 Å². The Morgan fingerprint density at radius 2 is 2.05 bits per heavy atom. The number of primary amides is 1. The molecule has 20 heavy (non-hydrogen) atoms. The van der Waals surface area contributed by atoms with Gasteiger partial charge in [-0.15, -0.1) is 0 Å². The minimum absolute atomic E-state index is 0.0140. The highest BCUT2D eigenvalue weighted by Gasteiger charge is 2.34. The second-order valence-corrected chi connectivity index (χ2v) is 4.32. The van der Waals surface area contributed by atoms with Crippen LogP contribution in [0.1, 0.15) is 10.4 Å². The van der Waals surface area contributed by atoms with Crippen LogP contribution in [0.5, 0.6) is 0 Å². The van der Waals surface area contributed by atoms with Gasteiger partial charge in [0.25, 0.3) is 5.91 Å². The highest BCUT2D eigenvalue weighted by molar-refractivity contribution is 5.98. The first-order chi connectivity index (χ1) is 9.43. The highest BCUT2D eigenvalue weighted by atomic mass is 19.1. The summed E-state index contributed by atoms with van der Waals surface area (Å²) in [6.45, 7) is 0.0633. The zero-order valence-corrected chi connectivity index (χ0v) is 10.4. The van der Waals surface area contributed by atoms with Crippen molar-refractivity contribution in [2.45, 2.75) is 6.04 Å². The van der Waals surface area contributed by atoms with Crippen LogP contribution in [0.4, 0.5) is 14.5 Å². The van der Waals surface area contributed by atoms with Gasteiger partial charge in [-0.05, 0) is 12.1 Å². The van der Waals surface area contributed by atoms with E-state index in [1.54, 1.807) is 0 Å². The van der Waals surface area contributed by atoms with Crippen LogP contribution in [-0.4, -0.2) is 42.5 Å². The predicted molar refractivity (Wildman–Crippen MR) is 65.6 cm³/mol. The average Bonchev–Trinajstić information content (AvgIpc) is 2.43. The second-order valence-electron chi connectivity index (χ2n) is 4.32. The van der Waals surface area contributed by atoms with Crippen LogP contribution < -0.4 is 11.5 Å². The van der Waals surface area contributed by atoms with Gasteiger partial charge in [-0.25, -0.2) is 8.78 Å². The van der Waals surface area contributed by atoms with Gasteiger partial charge in [0.2, 0.25) is 5.91 Å². The Bertz CT molecular complexity index is 565. The lowest BCUT2D eigenvalue weighted by Gasteiger charge is -2.33. The SMILES string of the molecule is NC(=O)C1COCCN1C(=O)c1c(F)ccc(N)c1F. The molecule has 0 spiro atoms. The monoisotopic (exact) mass is 285 g/mol. The molecule has 1 aliphatic heterocycles. The van der Waals surface area contributed by atoms with Gasteiger partial charge in [-0.2, -0.15) is 0 Å². The largest absolute Gasteiger partial charge is 0.396 e. The Labute approximate surface area is 113 Å². The molecule has 0 radical (unpaired) electrons. The molecule has 1 heterocycles. The lowest BCUT2D eigenvalue weighted by Crippen LogP contribution is -2.55. The molecule has 0 aromatic heterocycles. The van der Waals surface area contributed by atoms with E-state index < -0.39 is 35.1 Å². The molecule has 1 aromatic rings. The van der Waals surface area contributed by atoms with Crippen LogP contribution >= 0.6 is 0 Å². The Morgan fingerprint density at radius 1 is 1.35 bits per heavy atom. The summed E-state index contributed by atoms with van der Waals surface area (Å²) in [5, 5.41) is 0. The van der Waals surface area contributed by atoms with E-state index in [2.05, 4.69) is 0 Å². The summed E-state index contributed by atoms with van der Waals surface area (Å²) >= 11 is 0. The molecule has 1 aromatic carbocycles. The number of halogens is 2. The fourth-order valence-corrected chi connectivity index (χ4v) is 1.99. The van der Waals surface area contributed by atoms with Gasteiger partial charge in [0.15, 0.2) is 5.82 Å². The number of hydrogen-bond acceptors (Lipinski definition) is 4. The van der Waals surface area contributed by atoms with Crippen LogP contribution in [0.25, 0.3) is 0 Å². The van der Waals surface area contributed by atoms with E-state index in [4.69, 9.17) is 16.2 Å². The van der Waals surface area contributed by atoms with Crippen molar-refractivity contribution in [2.24, 2.45) is 5.73 Å². The molecule has 0 saturated carbocycles. The zero-order chi connectivity index (χ0) is 14.9. The van der Waals surface area contributed by atoms with Crippen molar-refractivity contribution in [1.29, 1.82) is 0 Å². The van der Waals surface area contributed by atoms with E-state index in [1.165, 1.54) is 0 Å². The molecule has 1 saturated heterocycles. The fourth-order valence-electron chi connectivity index (χ4n) is 1.99. The normalized spacial score (nSPS) is 18.9. The average molecular weight is 285 g/mol. The molecular formula is C12H13F2N3O3. The number of ether oxygens (including phenoxy) is 1. The Balaban J connectivity index is 2.40. The summed E-state index contributed by atoms with van der Waals surface area (Å²) in [6, 6.07) is 0.856. The third-order valence-corrected chi connectivity index (χ3v) is 3.05. The lowest BCUT2D eigenvalue weighted by molar-refractivity contribution is -0.127. The molecule has 2 rings (SSSR count).